The lowest BCUT2D eigenvalue weighted by Crippen LogP contribution is -2.31. The van der Waals surface area contributed by atoms with Gasteiger partial charge in [-0.25, -0.2) is 0 Å². The van der Waals surface area contributed by atoms with Crippen molar-refractivity contribution in [3.63, 3.8) is 0 Å². The van der Waals surface area contributed by atoms with Gasteiger partial charge in [0.1, 0.15) is 11.4 Å². The molecule has 3 rings (SSSR count). The second-order valence-corrected chi connectivity index (χ2v) is 5.40. The molecule has 0 aromatic carbocycles. The van der Waals surface area contributed by atoms with Crippen molar-refractivity contribution < 1.29 is 14.1 Å². The zero-order chi connectivity index (χ0) is 12.6. The Morgan fingerprint density at radius 1 is 1.33 bits per heavy atom. The summed E-state index contributed by atoms with van der Waals surface area (Å²) in [6, 6.07) is 0. The molecule has 0 spiro atoms. The van der Waals surface area contributed by atoms with E-state index in [0.29, 0.717) is 18.1 Å². The maximum atomic E-state index is 11.7. The number of Topliss-reactive ketones (excluding diaryl/α,β-unsaturated/α-hetero) is 1. The highest BCUT2D eigenvalue weighted by Crippen LogP contribution is 2.35. The van der Waals surface area contributed by atoms with E-state index in [1.54, 1.807) is 0 Å². The van der Waals surface area contributed by atoms with E-state index in [2.05, 4.69) is 10.1 Å². The monoisotopic (exact) mass is 250 g/mol. The van der Waals surface area contributed by atoms with Crippen molar-refractivity contribution in [2.24, 2.45) is 0 Å². The summed E-state index contributed by atoms with van der Waals surface area (Å²) in [6.07, 6.45) is 5.50. The van der Waals surface area contributed by atoms with Gasteiger partial charge in [0.05, 0.1) is 5.92 Å². The molecule has 2 atom stereocenters. The Bertz CT molecular complexity index is 449. The van der Waals surface area contributed by atoms with Crippen molar-refractivity contribution in [2.75, 3.05) is 6.61 Å². The molecule has 5 nitrogen and oxygen atoms in total. The van der Waals surface area contributed by atoms with Crippen LogP contribution in [-0.4, -0.2) is 22.5 Å². The maximum Gasteiger partial charge on any atom is 0.237 e. The zero-order valence-electron chi connectivity index (χ0n) is 10.6. The molecule has 18 heavy (non-hydrogen) atoms. The van der Waals surface area contributed by atoms with Gasteiger partial charge in [-0.3, -0.25) is 4.79 Å². The largest absolute Gasteiger partial charge is 0.367 e. The first-order valence-corrected chi connectivity index (χ1v) is 6.70. The van der Waals surface area contributed by atoms with E-state index < -0.39 is 5.60 Å². The molecule has 2 heterocycles. The molecule has 1 aliphatic carbocycles. The van der Waals surface area contributed by atoms with E-state index in [-0.39, 0.29) is 11.7 Å². The summed E-state index contributed by atoms with van der Waals surface area (Å²) in [5, 5.41) is 4.03. The second kappa shape index (κ2) is 4.46. The van der Waals surface area contributed by atoms with Gasteiger partial charge >= 0.3 is 0 Å². The minimum absolute atomic E-state index is 0.182. The fourth-order valence-electron chi connectivity index (χ4n) is 2.78. The number of carbonyl (C=O) groups is 1. The lowest BCUT2D eigenvalue weighted by atomic mass is 9.95. The van der Waals surface area contributed by atoms with Crippen LogP contribution in [0.1, 0.15) is 63.1 Å². The Morgan fingerprint density at radius 2 is 2.22 bits per heavy atom. The Kier molecular flexibility index (Phi) is 2.93. The molecule has 2 fully saturated rings. The van der Waals surface area contributed by atoms with Crippen molar-refractivity contribution in [3.05, 3.63) is 11.7 Å². The average Bonchev–Trinajstić information content (AvgIpc) is 2.98. The first-order valence-electron chi connectivity index (χ1n) is 6.70. The molecule has 0 amide bonds. The van der Waals surface area contributed by atoms with E-state index in [1.165, 1.54) is 0 Å². The molecule has 0 radical (unpaired) electrons. The fraction of sp³-hybridized carbons (Fsp3) is 0.769. The fourth-order valence-corrected chi connectivity index (χ4v) is 2.78. The quantitative estimate of drug-likeness (QED) is 0.806. The minimum Gasteiger partial charge on any atom is -0.367 e. The Morgan fingerprint density at radius 3 is 2.89 bits per heavy atom. The molecule has 1 aliphatic heterocycles. The van der Waals surface area contributed by atoms with Crippen LogP contribution in [0.3, 0.4) is 0 Å². The number of carbonyl (C=O) groups excluding carboxylic acids is 1. The van der Waals surface area contributed by atoms with Crippen molar-refractivity contribution in [3.8, 4) is 0 Å². The van der Waals surface area contributed by atoms with Crippen molar-refractivity contribution in [1.29, 1.82) is 0 Å². The number of hydrogen-bond acceptors (Lipinski definition) is 5. The first kappa shape index (κ1) is 11.8. The van der Waals surface area contributed by atoms with Crippen LogP contribution in [0.25, 0.3) is 0 Å². The predicted molar refractivity (Wildman–Crippen MR) is 63.1 cm³/mol. The number of aromatic nitrogens is 2. The summed E-state index contributed by atoms with van der Waals surface area (Å²) >= 11 is 0. The molecule has 2 unspecified atom stereocenters. The summed E-state index contributed by atoms with van der Waals surface area (Å²) in [4.78, 5) is 16.1. The molecule has 2 aliphatic rings. The van der Waals surface area contributed by atoms with E-state index >= 15 is 0 Å². The number of ether oxygens (including phenoxy) is 1. The molecule has 1 saturated heterocycles. The van der Waals surface area contributed by atoms with Gasteiger partial charge in [-0.05, 0) is 39.0 Å². The first-order chi connectivity index (χ1) is 8.69. The predicted octanol–water partition coefficient (Wildman–Crippen LogP) is 2.32. The lowest BCUT2D eigenvalue weighted by Gasteiger charge is -2.30. The van der Waals surface area contributed by atoms with Gasteiger partial charge in [0, 0.05) is 13.0 Å². The molecule has 1 aromatic heterocycles. The number of nitrogens with zero attached hydrogens (tertiary/aromatic N) is 2. The third-order valence-corrected chi connectivity index (χ3v) is 3.99. The molecule has 98 valence electrons. The Balaban J connectivity index is 1.82. The Labute approximate surface area is 106 Å². The smallest absolute Gasteiger partial charge is 0.237 e. The van der Waals surface area contributed by atoms with Gasteiger partial charge in [0.15, 0.2) is 0 Å². The lowest BCUT2D eigenvalue weighted by molar-refractivity contribution is -0.119. The van der Waals surface area contributed by atoms with Gasteiger partial charge in [0.2, 0.25) is 11.7 Å². The normalized spacial score (nSPS) is 32.9. The van der Waals surface area contributed by atoms with Gasteiger partial charge in [-0.15, -0.1) is 0 Å². The highest BCUT2D eigenvalue weighted by Gasteiger charge is 2.37. The van der Waals surface area contributed by atoms with E-state index in [0.717, 1.165) is 38.7 Å². The maximum absolute atomic E-state index is 11.7. The van der Waals surface area contributed by atoms with E-state index in [1.807, 2.05) is 6.92 Å². The van der Waals surface area contributed by atoms with Crippen LogP contribution in [0.4, 0.5) is 0 Å². The molecule has 1 saturated carbocycles. The molecule has 0 bridgehead atoms. The van der Waals surface area contributed by atoms with Crippen molar-refractivity contribution in [1.82, 2.24) is 10.1 Å². The van der Waals surface area contributed by atoms with Gasteiger partial charge < -0.3 is 9.26 Å². The SMILES string of the molecule is CC1(c2noc(C3CCCC3=O)n2)CCCCO1. The van der Waals surface area contributed by atoms with Crippen LogP contribution < -0.4 is 0 Å². The Hall–Kier alpha value is -1.23. The van der Waals surface area contributed by atoms with Crippen LogP contribution >= 0.6 is 0 Å². The zero-order valence-corrected chi connectivity index (χ0v) is 10.6. The highest BCUT2D eigenvalue weighted by molar-refractivity contribution is 5.86. The molecular weight excluding hydrogens is 232 g/mol. The van der Waals surface area contributed by atoms with Crippen LogP contribution in [0, 0.1) is 0 Å². The summed E-state index contributed by atoms with van der Waals surface area (Å²) in [5.41, 5.74) is -0.443. The van der Waals surface area contributed by atoms with Crippen molar-refractivity contribution in [2.45, 2.75) is 57.0 Å². The summed E-state index contributed by atoms with van der Waals surface area (Å²) in [6.45, 7) is 2.74. The summed E-state index contributed by atoms with van der Waals surface area (Å²) in [7, 11) is 0. The number of hydrogen-bond donors (Lipinski definition) is 0. The standard InChI is InChI=1S/C13H18N2O3/c1-13(7-2-3-8-17-13)12-14-11(18-15-12)9-5-4-6-10(9)16/h9H,2-8H2,1H3. The van der Waals surface area contributed by atoms with Gasteiger partial charge in [0.25, 0.3) is 0 Å². The second-order valence-electron chi connectivity index (χ2n) is 5.40. The van der Waals surface area contributed by atoms with E-state index in [4.69, 9.17) is 9.26 Å². The average molecular weight is 250 g/mol. The topological polar surface area (TPSA) is 65.2 Å². The molecule has 5 heteroatoms. The van der Waals surface area contributed by atoms with Crippen LogP contribution in [0.5, 0.6) is 0 Å². The molecular formula is C13H18N2O3. The van der Waals surface area contributed by atoms with Crippen molar-refractivity contribution >= 4 is 5.78 Å². The van der Waals surface area contributed by atoms with Crippen LogP contribution in [0.2, 0.25) is 0 Å². The third-order valence-electron chi connectivity index (χ3n) is 3.99. The number of rotatable bonds is 2. The van der Waals surface area contributed by atoms with Gasteiger partial charge in [-0.1, -0.05) is 5.16 Å². The highest BCUT2D eigenvalue weighted by atomic mass is 16.5. The van der Waals surface area contributed by atoms with E-state index in [9.17, 15) is 4.79 Å². The summed E-state index contributed by atoms with van der Waals surface area (Å²) < 4.78 is 11.1. The molecule has 1 aromatic rings. The number of ketones is 1. The van der Waals surface area contributed by atoms with Gasteiger partial charge in [-0.2, -0.15) is 4.98 Å². The minimum atomic E-state index is -0.443. The molecule has 0 N–H and O–H groups in total. The third kappa shape index (κ3) is 1.96. The van der Waals surface area contributed by atoms with Crippen LogP contribution in [0.15, 0.2) is 4.52 Å². The van der Waals surface area contributed by atoms with Crippen LogP contribution in [-0.2, 0) is 15.1 Å². The summed E-state index contributed by atoms with van der Waals surface area (Å²) in [5.74, 6) is 1.11.